The quantitative estimate of drug-likeness (QED) is 0.275. The van der Waals surface area contributed by atoms with Crippen molar-refractivity contribution < 1.29 is 27.5 Å². The van der Waals surface area contributed by atoms with Gasteiger partial charge < -0.3 is 24.8 Å². The number of fused-ring (bicyclic) bond motifs is 4. The van der Waals surface area contributed by atoms with Crippen molar-refractivity contribution in [2.24, 2.45) is 0 Å². The molecule has 13 heteroatoms. The van der Waals surface area contributed by atoms with Gasteiger partial charge in [-0.3, -0.25) is 9.78 Å². The minimum Gasteiger partial charge on any atom is -0.477 e. The number of nitrogens with one attached hydrogen (secondary N) is 1. The summed E-state index contributed by atoms with van der Waals surface area (Å²) in [5.41, 5.74) is 1.41. The van der Waals surface area contributed by atoms with E-state index in [1.165, 1.54) is 29.6 Å². The number of likely N-dealkylation sites (N-methyl/N-ethyl adjacent to an activating group) is 1. The lowest BCUT2D eigenvalue weighted by Crippen LogP contribution is -2.26. The van der Waals surface area contributed by atoms with E-state index >= 15 is 4.39 Å². The molecule has 0 spiro atoms. The minimum atomic E-state index is -3.01. The highest BCUT2D eigenvalue weighted by Crippen LogP contribution is 2.51. The first-order chi connectivity index (χ1) is 21.0. The first-order valence-corrected chi connectivity index (χ1v) is 14.3. The summed E-state index contributed by atoms with van der Waals surface area (Å²) in [6, 6.07) is 2.44. The van der Waals surface area contributed by atoms with Gasteiger partial charge in [0.05, 0.1) is 23.3 Å². The second-order valence-corrected chi connectivity index (χ2v) is 11.8. The van der Waals surface area contributed by atoms with Gasteiger partial charge in [-0.2, -0.15) is 0 Å². The number of rotatable bonds is 5. The molecule has 2 aliphatic heterocycles. The molecule has 9 nitrogen and oxygen atoms in total. The summed E-state index contributed by atoms with van der Waals surface area (Å²) in [5.74, 6) is -6.58. The van der Waals surface area contributed by atoms with Crippen molar-refractivity contribution in [1.82, 2.24) is 19.4 Å². The van der Waals surface area contributed by atoms with E-state index in [9.17, 15) is 27.9 Å². The smallest absolute Gasteiger partial charge is 0.341 e. The molecular formula is C31H28F4N6O3. The first-order valence-electron chi connectivity index (χ1n) is 14.3. The number of hydrogen-bond donors (Lipinski definition) is 2. The molecular weight excluding hydrogens is 580 g/mol. The average molecular weight is 609 g/mol. The van der Waals surface area contributed by atoms with Crippen LogP contribution >= 0.6 is 0 Å². The van der Waals surface area contributed by atoms with E-state index in [-0.39, 0.29) is 41.2 Å². The van der Waals surface area contributed by atoms with Crippen molar-refractivity contribution in [2.75, 3.05) is 50.5 Å². The highest BCUT2D eigenvalue weighted by Gasteiger charge is 2.42. The van der Waals surface area contributed by atoms with Crippen LogP contribution in [-0.2, 0) is 6.42 Å². The molecule has 1 unspecified atom stereocenters. The molecule has 5 heterocycles. The zero-order chi connectivity index (χ0) is 31.1. The van der Waals surface area contributed by atoms with E-state index in [4.69, 9.17) is 0 Å². The third-order valence-electron chi connectivity index (χ3n) is 8.98. The van der Waals surface area contributed by atoms with Crippen LogP contribution in [0.1, 0.15) is 40.5 Å². The summed E-state index contributed by atoms with van der Waals surface area (Å²) >= 11 is 0. The fourth-order valence-corrected chi connectivity index (χ4v) is 6.85. The summed E-state index contributed by atoms with van der Waals surface area (Å²) in [5, 5.41) is 12.8. The molecule has 0 saturated carbocycles. The van der Waals surface area contributed by atoms with Crippen molar-refractivity contribution >= 4 is 28.4 Å². The van der Waals surface area contributed by atoms with Crippen LogP contribution in [0.5, 0.6) is 0 Å². The summed E-state index contributed by atoms with van der Waals surface area (Å²) in [6.07, 6.45) is 4.74. The molecule has 3 aromatic heterocycles. The zero-order valence-corrected chi connectivity index (χ0v) is 23.9. The van der Waals surface area contributed by atoms with Gasteiger partial charge in [-0.1, -0.05) is 0 Å². The summed E-state index contributed by atoms with van der Waals surface area (Å²) < 4.78 is 61.3. The topological polar surface area (TPSA) is 104 Å². The second-order valence-electron chi connectivity index (χ2n) is 11.8. The van der Waals surface area contributed by atoms with Crippen molar-refractivity contribution in [3.63, 3.8) is 0 Å². The van der Waals surface area contributed by atoms with Crippen molar-refractivity contribution in [3.05, 3.63) is 69.4 Å². The highest BCUT2D eigenvalue weighted by molar-refractivity contribution is 5.98. The van der Waals surface area contributed by atoms with Crippen LogP contribution in [0.15, 0.2) is 35.5 Å². The molecule has 2 saturated heterocycles. The fourth-order valence-electron chi connectivity index (χ4n) is 6.85. The maximum absolute atomic E-state index is 15.5. The van der Waals surface area contributed by atoms with Crippen molar-refractivity contribution in [2.45, 2.75) is 31.2 Å². The van der Waals surface area contributed by atoms with E-state index in [1.54, 1.807) is 11.6 Å². The Bertz CT molecular complexity index is 1940. The van der Waals surface area contributed by atoms with Gasteiger partial charge in [-0.05, 0) is 31.6 Å². The normalized spacial score (nSPS) is 19.0. The average Bonchev–Trinajstić information content (AvgIpc) is 3.70. The molecule has 1 aliphatic carbocycles. The SMILES string of the molecule is CNc1cc(F)c(F)c2c1Cc1ncc(-c3cnc4c(c3)c(=O)c(C(=O)O)cn4C3CCN(C)C3)c(N3CCC(F)(F)C3)c1-2. The van der Waals surface area contributed by atoms with Crippen LogP contribution in [-0.4, -0.2) is 76.7 Å². The molecule has 0 amide bonds. The lowest BCUT2D eigenvalue weighted by Gasteiger charge is -2.25. The third-order valence-corrected chi connectivity index (χ3v) is 8.98. The number of carboxylic acid groups (broad SMARTS) is 1. The molecule has 228 valence electrons. The Morgan fingerprint density at radius 1 is 1.14 bits per heavy atom. The van der Waals surface area contributed by atoms with Crippen LogP contribution in [0.3, 0.4) is 0 Å². The van der Waals surface area contributed by atoms with Gasteiger partial charge in [0, 0.05) is 91.6 Å². The number of nitrogens with zero attached hydrogens (tertiary/aromatic N) is 5. The summed E-state index contributed by atoms with van der Waals surface area (Å²) in [7, 11) is 3.53. The van der Waals surface area contributed by atoms with Gasteiger partial charge >= 0.3 is 5.97 Å². The summed E-state index contributed by atoms with van der Waals surface area (Å²) in [4.78, 5) is 38.2. The molecule has 44 heavy (non-hydrogen) atoms. The Kier molecular flexibility index (Phi) is 6.43. The molecule has 0 radical (unpaired) electrons. The number of aromatic carboxylic acids is 1. The number of benzene rings is 1. The van der Waals surface area contributed by atoms with Gasteiger partial charge in [0.25, 0.3) is 5.92 Å². The number of carboxylic acids is 1. The van der Waals surface area contributed by atoms with E-state index in [0.717, 1.165) is 19.0 Å². The number of hydrogen-bond acceptors (Lipinski definition) is 7. The van der Waals surface area contributed by atoms with Gasteiger partial charge in [0.15, 0.2) is 11.6 Å². The maximum Gasteiger partial charge on any atom is 0.341 e. The van der Waals surface area contributed by atoms with Gasteiger partial charge in [-0.15, -0.1) is 0 Å². The van der Waals surface area contributed by atoms with E-state index in [2.05, 4.69) is 20.2 Å². The van der Waals surface area contributed by atoms with Gasteiger partial charge in [0.2, 0.25) is 5.43 Å². The van der Waals surface area contributed by atoms with E-state index in [1.807, 2.05) is 7.05 Å². The van der Waals surface area contributed by atoms with Crippen LogP contribution in [0, 0.1) is 11.6 Å². The molecule has 2 N–H and O–H groups in total. The van der Waals surface area contributed by atoms with Crippen molar-refractivity contribution in [1.29, 1.82) is 0 Å². The predicted octanol–water partition coefficient (Wildman–Crippen LogP) is 4.77. The number of likely N-dealkylation sites (tertiary alicyclic amines) is 1. The largest absolute Gasteiger partial charge is 0.477 e. The van der Waals surface area contributed by atoms with E-state index in [0.29, 0.717) is 40.3 Å². The third kappa shape index (κ3) is 4.32. The van der Waals surface area contributed by atoms with Crippen LogP contribution < -0.4 is 15.6 Å². The molecule has 1 aromatic carbocycles. The van der Waals surface area contributed by atoms with Crippen LogP contribution in [0.4, 0.5) is 28.9 Å². The Labute approximate surface area is 248 Å². The first kappa shape index (κ1) is 28.3. The Balaban J connectivity index is 1.49. The van der Waals surface area contributed by atoms with Gasteiger partial charge in [0.1, 0.15) is 11.2 Å². The summed E-state index contributed by atoms with van der Waals surface area (Å²) in [6.45, 7) is 0.734. The monoisotopic (exact) mass is 608 g/mol. The zero-order valence-electron chi connectivity index (χ0n) is 23.9. The second kappa shape index (κ2) is 10.0. The van der Waals surface area contributed by atoms with E-state index < -0.39 is 47.5 Å². The number of alkyl halides is 2. The molecule has 2 fully saturated rings. The minimum absolute atomic E-state index is 0.0430. The highest BCUT2D eigenvalue weighted by atomic mass is 19.3. The molecule has 3 aliphatic rings. The van der Waals surface area contributed by atoms with Crippen LogP contribution in [0.25, 0.3) is 33.3 Å². The van der Waals surface area contributed by atoms with Gasteiger partial charge in [-0.25, -0.2) is 27.3 Å². The fraction of sp³-hybridized carbons (Fsp3) is 0.355. The molecule has 1 atom stereocenters. The Hall–Kier alpha value is -4.52. The molecule has 0 bridgehead atoms. The number of halogens is 4. The standard InChI is InChI=1S/C31H28F4N6O3/c1-36-22-9-21(32)26(33)24-17(22)8-23-25(24)27(40-6-4-31(34,35)14-40)19(11-37-23)15-7-18-28(42)20(30(43)44)13-41(29(18)38-10-15)16-3-5-39(2)12-16/h7,9-11,13,16,36H,3-6,8,12,14H2,1-2H3,(H,43,44). The number of pyridine rings is 3. The van der Waals surface area contributed by atoms with Crippen LogP contribution in [0.2, 0.25) is 0 Å². The maximum atomic E-state index is 15.5. The number of aromatic nitrogens is 3. The Morgan fingerprint density at radius 3 is 2.59 bits per heavy atom. The lowest BCUT2D eigenvalue weighted by molar-refractivity contribution is 0.0257. The predicted molar refractivity (Wildman–Crippen MR) is 157 cm³/mol. The Morgan fingerprint density at radius 2 is 1.93 bits per heavy atom. The van der Waals surface area contributed by atoms with Crippen molar-refractivity contribution in [3.8, 4) is 22.3 Å². The molecule has 4 aromatic rings. The number of carbonyl (C=O) groups is 1. The lowest BCUT2D eigenvalue weighted by atomic mass is 9.97. The molecule has 7 rings (SSSR count). The number of anilines is 2.